The fourth-order valence-electron chi connectivity index (χ4n) is 3.24. The smallest absolute Gasteiger partial charge is 0.278 e. The van der Waals surface area contributed by atoms with E-state index in [-0.39, 0.29) is 35.8 Å². The van der Waals surface area contributed by atoms with Gasteiger partial charge in [0.1, 0.15) is 12.1 Å². The van der Waals surface area contributed by atoms with Crippen LogP contribution in [0.25, 0.3) is 10.9 Å². The third kappa shape index (κ3) is 4.57. The van der Waals surface area contributed by atoms with Gasteiger partial charge in [0.15, 0.2) is 0 Å². The molecule has 0 atom stereocenters. The number of carbonyl (C=O) groups excluding carboxylic acids is 1. The maximum Gasteiger partial charge on any atom is 0.278 e. The largest absolute Gasteiger partial charge is 0.384 e. The molecule has 0 aliphatic carbocycles. The van der Waals surface area contributed by atoms with E-state index >= 15 is 0 Å². The predicted octanol–water partition coefficient (Wildman–Crippen LogP) is 0.346. The lowest BCUT2D eigenvalue weighted by Crippen LogP contribution is -2.48. The molecule has 1 amide bonds. The van der Waals surface area contributed by atoms with Gasteiger partial charge in [-0.15, -0.1) is 17.5 Å². The first-order chi connectivity index (χ1) is 12.1. The highest BCUT2D eigenvalue weighted by Gasteiger charge is 2.32. The summed E-state index contributed by atoms with van der Waals surface area (Å²) in [5.41, 5.74) is 0.155. The van der Waals surface area contributed by atoms with Gasteiger partial charge in [-0.3, -0.25) is 9.59 Å². The van der Waals surface area contributed by atoms with E-state index in [4.69, 9.17) is 4.74 Å². The highest BCUT2D eigenvalue weighted by Crippen LogP contribution is 2.28. The zero-order chi connectivity index (χ0) is 17.7. The average molecular weight is 382 g/mol. The molecule has 2 aromatic rings. The van der Waals surface area contributed by atoms with Gasteiger partial charge in [0.2, 0.25) is 5.91 Å². The predicted molar refractivity (Wildman–Crippen MR) is 100 cm³/mol. The lowest BCUT2D eigenvalue weighted by Gasteiger charge is -2.37. The minimum Gasteiger partial charge on any atom is -0.384 e. The normalized spacial score (nSPS) is 16.0. The van der Waals surface area contributed by atoms with Gasteiger partial charge in [-0.2, -0.15) is 0 Å². The van der Waals surface area contributed by atoms with Gasteiger partial charge < -0.3 is 15.4 Å². The van der Waals surface area contributed by atoms with Crippen LogP contribution in [0.5, 0.6) is 0 Å². The first-order valence-electron chi connectivity index (χ1n) is 8.42. The molecule has 0 unspecified atom stereocenters. The van der Waals surface area contributed by atoms with Crippen LogP contribution in [0, 0.1) is 5.41 Å². The number of hydrogen-bond acceptors (Lipinski definition) is 6. The molecule has 0 saturated carbocycles. The Morgan fingerprint density at radius 1 is 1.35 bits per heavy atom. The molecule has 0 radical (unpaired) electrons. The number of hydrogen-bond donors (Lipinski definition) is 2. The van der Waals surface area contributed by atoms with E-state index in [1.807, 2.05) is 0 Å². The minimum atomic E-state index is -0.311. The zero-order valence-corrected chi connectivity index (χ0v) is 15.6. The van der Waals surface area contributed by atoms with Crippen LogP contribution in [-0.2, 0) is 16.1 Å². The van der Waals surface area contributed by atoms with Crippen LogP contribution in [-0.4, -0.2) is 54.3 Å². The van der Waals surface area contributed by atoms with E-state index < -0.39 is 0 Å². The summed E-state index contributed by atoms with van der Waals surface area (Å²) in [5, 5.41) is 14.5. The molecule has 1 aliphatic rings. The Morgan fingerprint density at radius 2 is 2.08 bits per heavy atom. The second kappa shape index (κ2) is 9.07. The Morgan fingerprint density at radius 3 is 2.81 bits per heavy atom. The molecule has 26 heavy (non-hydrogen) atoms. The lowest BCUT2D eigenvalue weighted by molar-refractivity contribution is -0.122. The number of piperidine rings is 1. The van der Waals surface area contributed by atoms with Crippen LogP contribution in [0.15, 0.2) is 29.1 Å². The van der Waals surface area contributed by atoms with Crippen LogP contribution in [0.3, 0.4) is 0 Å². The van der Waals surface area contributed by atoms with Crippen LogP contribution in [0.4, 0.5) is 0 Å². The molecule has 3 rings (SSSR count). The summed E-state index contributed by atoms with van der Waals surface area (Å²) in [6.07, 6.45) is 1.88. The van der Waals surface area contributed by atoms with Gasteiger partial charge in [-0.25, -0.2) is 4.68 Å². The Kier molecular flexibility index (Phi) is 7.07. The molecule has 142 valence electrons. The van der Waals surface area contributed by atoms with Crippen molar-refractivity contribution in [3.63, 3.8) is 0 Å². The number of methoxy groups -OCH3 is 1. The number of fused-ring (bicyclic) bond motifs is 1. The van der Waals surface area contributed by atoms with Crippen molar-refractivity contribution in [1.82, 2.24) is 25.6 Å². The Labute approximate surface area is 157 Å². The number of rotatable bonds is 6. The number of carbonyl (C=O) groups is 1. The number of nitrogens with zero attached hydrogens (tertiary/aromatic N) is 3. The van der Waals surface area contributed by atoms with Gasteiger partial charge in [0, 0.05) is 19.1 Å². The molecule has 1 aliphatic heterocycles. The summed E-state index contributed by atoms with van der Waals surface area (Å²) >= 11 is 0. The molecule has 8 nitrogen and oxygen atoms in total. The average Bonchev–Trinajstić information content (AvgIpc) is 2.64. The Bertz CT molecular complexity index is 799. The first-order valence-corrected chi connectivity index (χ1v) is 8.42. The quantitative estimate of drug-likeness (QED) is 0.749. The molecular formula is C17H24ClN5O3. The Balaban J connectivity index is 0.00000243. The number of ether oxygens (including phenoxy) is 1. The summed E-state index contributed by atoms with van der Waals surface area (Å²) in [5.74, 6) is -0.249. The molecule has 9 heteroatoms. The van der Waals surface area contributed by atoms with Crippen LogP contribution < -0.4 is 16.2 Å². The van der Waals surface area contributed by atoms with Crippen molar-refractivity contribution in [3.8, 4) is 0 Å². The second-order valence-electron chi connectivity index (χ2n) is 6.53. The maximum absolute atomic E-state index is 12.4. The zero-order valence-electron chi connectivity index (χ0n) is 14.7. The summed E-state index contributed by atoms with van der Waals surface area (Å²) in [6, 6.07) is 6.96. The van der Waals surface area contributed by atoms with E-state index in [2.05, 4.69) is 20.9 Å². The van der Waals surface area contributed by atoms with Gasteiger partial charge >= 0.3 is 0 Å². The monoisotopic (exact) mass is 381 g/mol. The highest BCUT2D eigenvalue weighted by atomic mass is 35.5. The molecule has 0 spiro atoms. The highest BCUT2D eigenvalue weighted by molar-refractivity contribution is 5.85. The van der Waals surface area contributed by atoms with Crippen molar-refractivity contribution in [2.45, 2.75) is 19.4 Å². The third-order valence-corrected chi connectivity index (χ3v) is 4.70. The van der Waals surface area contributed by atoms with Gasteiger partial charge in [-0.05, 0) is 38.1 Å². The summed E-state index contributed by atoms with van der Waals surface area (Å²) in [6.45, 7) is 2.81. The topological polar surface area (TPSA) is 98.1 Å². The summed E-state index contributed by atoms with van der Waals surface area (Å²) in [7, 11) is 1.68. The fraction of sp³-hybridized carbons (Fsp3) is 0.529. The van der Waals surface area contributed by atoms with E-state index in [0.717, 1.165) is 30.6 Å². The molecule has 1 aromatic heterocycles. The number of aromatic nitrogens is 3. The van der Waals surface area contributed by atoms with Crippen molar-refractivity contribution in [2.24, 2.45) is 5.41 Å². The van der Waals surface area contributed by atoms with Crippen molar-refractivity contribution in [2.75, 3.05) is 33.4 Å². The molecule has 2 heterocycles. The van der Waals surface area contributed by atoms with Crippen molar-refractivity contribution >= 4 is 29.2 Å². The maximum atomic E-state index is 12.4. The van der Waals surface area contributed by atoms with Crippen molar-refractivity contribution in [1.29, 1.82) is 0 Å². The van der Waals surface area contributed by atoms with E-state index in [1.54, 1.807) is 31.4 Å². The third-order valence-electron chi connectivity index (χ3n) is 4.70. The van der Waals surface area contributed by atoms with Crippen LogP contribution in [0.2, 0.25) is 0 Å². The standard InChI is InChI=1S/C17H23N5O3.ClH/c1-25-12-17(6-8-18-9-7-17)11-19-15(23)10-22-16(24)13-4-2-3-5-14(13)20-21-22;/h2-5,18H,6-12H2,1H3,(H,19,23);1H. The number of benzene rings is 1. The Hall–Kier alpha value is -2.03. The lowest BCUT2D eigenvalue weighted by atomic mass is 9.79. The first kappa shape index (κ1) is 20.3. The second-order valence-corrected chi connectivity index (χ2v) is 6.53. The minimum absolute atomic E-state index is 0. The SMILES string of the molecule is COCC1(CNC(=O)Cn2nnc3ccccc3c2=O)CCNCC1.Cl. The van der Waals surface area contributed by atoms with E-state index in [0.29, 0.717) is 24.1 Å². The molecule has 1 fully saturated rings. The summed E-state index contributed by atoms with van der Waals surface area (Å²) in [4.78, 5) is 24.7. The number of halogens is 1. The number of amides is 1. The van der Waals surface area contributed by atoms with E-state index in [9.17, 15) is 9.59 Å². The van der Waals surface area contributed by atoms with Gasteiger partial charge in [-0.1, -0.05) is 17.3 Å². The number of nitrogens with one attached hydrogen (secondary N) is 2. The van der Waals surface area contributed by atoms with Gasteiger partial charge in [0.05, 0.1) is 12.0 Å². The molecule has 1 saturated heterocycles. The molecule has 0 bridgehead atoms. The van der Waals surface area contributed by atoms with Gasteiger partial charge in [0.25, 0.3) is 5.56 Å². The van der Waals surface area contributed by atoms with Crippen molar-refractivity contribution in [3.05, 3.63) is 34.6 Å². The molecular weight excluding hydrogens is 358 g/mol. The summed E-state index contributed by atoms with van der Waals surface area (Å²) < 4.78 is 6.45. The van der Waals surface area contributed by atoms with Crippen molar-refractivity contribution < 1.29 is 9.53 Å². The van der Waals surface area contributed by atoms with Crippen LogP contribution in [0.1, 0.15) is 12.8 Å². The fourth-order valence-corrected chi connectivity index (χ4v) is 3.24. The molecule has 2 N–H and O–H groups in total. The molecule has 1 aromatic carbocycles. The van der Waals surface area contributed by atoms with Crippen LogP contribution >= 0.6 is 12.4 Å². The van der Waals surface area contributed by atoms with E-state index in [1.165, 1.54) is 0 Å².